The first-order valence-corrected chi connectivity index (χ1v) is 7.41. The minimum atomic E-state index is -0.611. The molecule has 0 atom stereocenters. The molecule has 0 saturated carbocycles. The molecule has 55 valence electrons. The van der Waals surface area contributed by atoms with Gasteiger partial charge in [0, 0.05) is 40.8 Å². The number of hydrogen-bond acceptors (Lipinski definition) is 0. The van der Waals surface area contributed by atoms with Crippen molar-refractivity contribution < 1.29 is 32.7 Å². The summed E-state index contributed by atoms with van der Waals surface area (Å²) in [6, 6.07) is 0. The van der Waals surface area contributed by atoms with Gasteiger partial charge < -0.3 is 0 Å². The summed E-state index contributed by atoms with van der Waals surface area (Å²) in [5, 5.41) is 0. The third-order valence-corrected chi connectivity index (χ3v) is 0. The second-order valence-corrected chi connectivity index (χ2v) is 9.71. The maximum atomic E-state index is 2.33. The van der Waals surface area contributed by atoms with Gasteiger partial charge in [0.15, 0.2) is 0 Å². The fraction of sp³-hybridized carbons (Fsp3) is 1.00. The Morgan fingerprint density at radius 1 is 0.889 bits per heavy atom. The average Bonchev–Trinajstić information content (AvgIpc) is 1.27. The summed E-state index contributed by atoms with van der Waals surface area (Å²) in [4.78, 5) is 0. The van der Waals surface area contributed by atoms with E-state index < -0.39 is 8.07 Å². The van der Waals surface area contributed by atoms with Crippen molar-refractivity contribution in [3.8, 4) is 0 Å². The molecule has 0 amide bonds. The first-order valence-electron chi connectivity index (χ1n) is 3.41. The zero-order chi connectivity index (χ0) is 7.21. The van der Waals surface area contributed by atoms with Gasteiger partial charge in [-0.3, -0.25) is 0 Å². The Balaban J connectivity index is -0.0000000800. The van der Waals surface area contributed by atoms with Gasteiger partial charge >= 0.3 is 0 Å². The number of hydrogen-bond donors (Lipinski definition) is 0. The maximum Gasteiger partial charge on any atom is 0.0411 e. The molecule has 0 spiro atoms. The van der Waals surface area contributed by atoms with Gasteiger partial charge in [0.1, 0.15) is 0 Å². The zero-order valence-corrected chi connectivity index (χ0v) is 11.6. The molecule has 0 aromatic heterocycles. The molecule has 0 unspecified atom stereocenters. The predicted molar refractivity (Wildman–Crippen MR) is 45.2 cm³/mol. The Morgan fingerprint density at radius 3 is 0.889 bits per heavy atom. The average molecular weight is 221 g/mol. The van der Waals surface area contributed by atoms with Crippen LogP contribution in [0, 0.1) is 0 Å². The molecule has 0 aliphatic rings. The Kier molecular flexibility index (Phi) is 17.3. The van der Waals surface area contributed by atoms with Crippen molar-refractivity contribution in [2.75, 3.05) is 0 Å². The fourth-order valence-electron chi connectivity index (χ4n) is 0. The summed E-state index contributed by atoms with van der Waals surface area (Å²) in [6.07, 6.45) is 1.25. The minimum absolute atomic E-state index is 0. The van der Waals surface area contributed by atoms with Crippen molar-refractivity contribution in [2.24, 2.45) is 0 Å². The first-order chi connectivity index (χ1) is 3.41. The molecule has 0 aromatic carbocycles. The molecule has 0 nitrogen and oxygen atoms in total. The standard InChI is InChI=1S/C4H12Si.C3H8.Y/c1-5(2,3)4;1-3-2;/h1-4H3;3H2,1-2H3;. The minimum Gasteiger partial charge on any atom is -0.0697 e. The van der Waals surface area contributed by atoms with Crippen molar-refractivity contribution >= 4 is 8.07 Å². The molecule has 0 aliphatic heterocycles. The van der Waals surface area contributed by atoms with E-state index in [4.69, 9.17) is 0 Å². The molecule has 0 aromatic rings. The summed E-state index contributed by atoms with van der Waals surface area (Å²) < 4.78 is 0. The largest absolute Gasteiger partial charge is 0.0697 e. The molecule has 2 heteroatoms. The van der Waals surface area contributed by atoms with E-state index in [9.17, 15) is 0 Å². The van der Waals surface area contributed by atoms with Crippen LogP contribution < -0.4 is 0 Å². The van der Waals surface area contributed by atoms with Gasteiger partial charge in [0.05, 0.1) is 0 Å². The van der Waals surface area contributed by atoms with Crippen molar-refractivity contribution in [3.05, 3.63) is 0 Å². The van der Waals surface area contributed by atoms with Crippen LogP contribution in [0.25, 0.3) is 0 Å². The molecule has 1 radical (unpaired) electrons. The molecule has 0 bridgehead atoms. The smallest absolute Gasteiger partial charge is 0.0411 e. The summed E-state index contributed by atoms with van der Waals surface area (Å²) >= 11 is 0. The van der Waals surface area contributed by atoms with Crippen LogP contribution in [0.15, 0.2) is 0 Å². The van der Waals surface area contributed by atoms with Gasteiger partial charge in [-0.25, -0.2) is 0 Å². The van der Waals surface area contributed by atoms with Gasteiger partial charge in [-0.2, -0.15) is 0 Å². The third-order valence-electron chi connectivity index (χ3n) is 0. The van der Waals surface area contributed by atoms with Crippen LogP contribution in [0.4, 0.5) is 0 Å². The summed E-state index contributed by atoms with van der Waals surface area (Å²) in [5.41, 5.74) is 0. The van der Waals surface area contributed by atoms with Crippen LogP contribution >= 0.6 is 0 Å². The van der Waals surface area contributed by atoms with Crippen LogP contribution in [-0.2, 0) is 32.7 Å². The monoisotopic (exact) mass is 221 g/mol. The van der Waals surface area contributed by atoms with Crippen molar-refractivity contribution in [1.29, 1.82) is 0 Å². The van der Waals surface area contributed by atoms with Crippen LogP contribution in [0.3, 0.4) is 0 Å². The molecule has 9 heavy (non-hydrogen) atoms. The van der Waals surface area contributed by atoms with Crippen LogP contribution in [-0.4, -0.2) is 8.07 Å². The van der Waals surface area contributed by atoms with Gasteiger partial charge in [-0.05, 0) is 0 Å². The zero-order valence-electron chi connectivity index (χ0n) is 7.78. The second kappa shape index (κ2) is 9.32. The molecular weight excluding hydrogens is 201 g/mol. The summed E-state index contributed by atoms with van der Waals surface area (Å²) in [7, 11) is -0.611. The topological polar surface area (TPSA) is 0 Å². The molecule has 0 rings (SSSR count). The molecule has 0 fully saturated rings. The second-order valence-electron chi connectivity index (χ2n) is 3.71. The third kappa shape index (κ3) is 286. The maximum absolute atomic E-state index is 2.33. The Morgan fingerprint density at radius 2 is 0.889 bits per heavy atom. The van der Waals surface area contributed by atoms with Gasteiger partial charge in [0.2, 0.25) is 0 Å². The Hall–Kier alpha value is 1.32. The van der Waals surface area contributed by atoms with E-state index in [1.54, 1.807) is 0 Å². The molecule has 0 N–H and O–H groups in total. The van der Waals surface area contributed by atoms with Crippen molar-refractivity contribution in [3.63, 3.8) is 0 Å². The van der Waals surface area contributed by atoms with E-state index in [2.05, 4.69) is 40.0 Å². The predicted octanol–water partition coefficient (Wildman–Crippen LogP) is 3.37. The normalized spacial score (nSPS) is 8.67. The Bertz CT molecular complexity index is 32.7. The van der Waals surface area contributed by atoms with E-state index in [-0.39, 0.29) is 32.7 Å². The van der Waals surface area contributed by atoms with E-state index in [1.165, 1.54) is 6.42 Å². The SMILES string of the molecule is CCC.C[Si](C)(C)C.[Y]. The number of rotatable bonds is 0. The molecule has 0 heterocycles. The Labute approximate surface area is 86.7 Å². The molecule has 0 aliphatic carbocycles. The fourth-order valence-corrected chi connectivity index (χ4v) is 0. The summed E-state index contributed by atoms with van der Waals surface area (Å²) in [6.45, 7) is 13.6. The van der Waals surface area contributed by atoms with Crippen molar-refractivity contribution in [1.82, 2.24) is 0 Å². The van der Waals surface area contributed by atoms with E-state index in [0.29, 0.717) is 0 Å². The van der Waals surface area contributed by atoms with Crippen LogP contribution in [0.5, 0.6) is 0 Å². The van der Waals surface area contributed by atoms with E-state index >= 15 is 0 Å². The quantitative estimate of drug-likeness (QED) is 0.550. The molecular formula is C7H20SiY. The molecule has 0 saturated heterocycles. The van der Waals surface area contributed by atoms with Gasteiger partial charge in [-0.1, -0.05) is 46.5 Å². The van der Waals surface area contributed by atoms with E-state index in [1.807, 2.05) is 0 Å². The summed E-state index contributed by atoms with van der Waals surface area (Å²) in [5.74, 6) is 0. The first kappa shape index (κ1) is 16.7. The van der Waals surface area contributed by atoms with Gasteiger partial charge in [0.25, 0.3) is 0 Å². The van der Waals surface area contributed by atoms with Crippen LogP contribution in [0.1, 0.15) is 20.3 Å². The van der Waals surface area contributed by atoms with Crippen molar-refractivity contribution in [2.45, 2.75) is 46.5 Å². The van der Waals surface area contributed by atoms with Gasteiger partial charge in [-0.15, -0.1) is 0 Å². The van der Waals surface area contributed by atoms with Crippen LogP contribution in [0.2, 0.25) is 26.2 Å². The van der Waals surface area contributed by atoms with E-state index in [0.717, 1.165) is 0 Å².